The maximum atomic E-state index is 4.48. The quantitative estimate of drug-likeness (QED) is 0.332. The third kappa shape index (κ3) is 7.05. The van der Waals surface area contributed by atoms with Gasteiger partial charge in [0.2, 0.25) is 0 Å². The van der Waals surface area contributed by atoms with Gasteiger partial charge in [-0.25, -0.2) is 4.98 Å². The first kappa shape index (κ1) is 17.8. The number of guanidine groups is 1. The highest BCUT2D eigenvalue weighted by Crippen LogP contribution is 2.15. The van der Waals surface area contributed by atoms with Crippen molar-refractivity contribution in [2.75, 3.05) is 25.9 Å². The largest absolute Gasteiger partial charge is 0.356 e. The number of nitrogens with zero attached hydrogens (tertiary/aromatic N) is 2. The molecular formula is C17H24N4S2. The molecule has 6 heteroatoms. The third-order valence-corrected chi connectivity index (χ3v) is 5.20. The van der Waals surface area contributed by atoms with E-state index in [0.717, 1.165) is 43.3 Å². The number of aryl methyl sites for hydroxylation is 2. The van der Waals surface area contributed by atoms with Crippen LogP contribution >= 0.6 is 23.1 Å². The Labute approximate surface area is 146 Å². The molecule has 0 fully saturated rings. The van der Waals surface area contributed by atoms with Gasteiger partial charge < -0.3 is 10.6 Å². The molecule has 0 radical (unpaired) electrons. The summed E-state index contributed by atoms with van der Waals surface area (Å²) in [6.07, 6.45) is 2.08. The van der Waals surface area contributed by atoms with Crippen LogP contribution in [0.15, 0.2) is 45.6 Å². The number of hydrogen-bond donors (Lipinski definition) is 2. The summed E-state index contributed by atoms with van der Waals surface area (Å²) in [7, 11) is 1.81. The fourth-order valence-electron chi connectivity index (χ4n) is 2.04. The van der Waals surface area contributed by atoms with Crippen LogP contribution in [0.2, 0.25) is 0 Å². The lowest BCUT2D eigenvalue weighted by Crippen LogP contribution is -2.38. The molecular weight excluding hydrogens is 324 g/mol. The summed E-state index contributed by atoms with van der Waals surface area (Å²) in [4.78, 5) is 10.0. The summed E-state index contributed by atoms with van der Waals surface area (Å²) >= 11 is 3.59. The average molecular weight is 349 g/mol. The summed E-state index contributed by atoms with van der Waals surface area (Å²) in [5.41, 5.74) is 1.12. The third-order valence-electron chi connectivity index (χ3n) is 3.16. The van der Waals surface area contributed by atoms with Crippen molar-refractivity contribution >= 4 is 29.1 Å². The van der Waals surface area contributed by atoms with Gasteiger partial charge in [0.1, 0.15) is 0 Å². The van der Waals surface area contributed by atoms with Crippen molar-refractivity contribution in [3.05, 3.63) is 46.4 Å². The van der Waals surface area contributed by atoms with E-state index in [0.29, 0.717) is 0 Å². The highest BCUT2D eigenvalue weighted by Gasteiger charge is 2.00. The highest BCUT2D eigenvalue weighted by atomic mass is 32.2. The molecule has 0 spiro atoms. The molecule has 4 nitrogen and oxygen atoms in total. The second-order valence-electron chi connectivity index (χ2n) is 5.07. The van der Waals surface area contributed by atoms with Gasteiger partial charge in [-0.05, 0) is 25.5 Å². The van der Waals surface area contributed by atoms with Gasteiger partial charge in [0.15, 0.2) is 5.96 Å². The highest BCUT2D eigenvalue weighted by molar-refractivity contribution is 7.99. The molecule has 0 amide bonds. The average Bonchev–Trinajstić information content (AvgIpc) is 2.99. The van der Waals surface area contributed by atoms with Crippen molar-refractivity contribution < 1.29 is 0 Å². The number of thiazole rings is 1. The minimum absolute atomic E-state index is 0.869. The first-order chi connectivity index (χ1) is 11.3. The number of rotatable bonds is 8. The van der Waals surface area contributed by atoms with Crippen LogP contribution in [-0.4, -0.2) is 36.8 Å². The standard InChI is InChI=1S/C17H24N4S2/c1-14-13-23-16(21-14)9-6-10-19-17(18-2)20-11-12-22-15-7-4-3-5-8-15/h3-5,7-8,13H,6,9-12H2,1-2H3,(H2,18,19,20). The number of aliphatic imine (C=N–C) groups is 1. The molecule has 0 bridgehead atoms. The maximum Gasteiger partial charge on any atom is 0.191 e. The van der Waals surface area contributed by atoms with E-state index in [9.17, 15) is 0 Å². The molecule has 0 unspecified atom stereocenters. The van der Waals surface area contributed by atoms with E-state index in [4.69, 9.17) is 0 Å². The fraction of sp³-hybridized carbons (Fsp3) is 0.412. The minimum atomic E-state index is 0.869. The molecule has 2 aromatic rings. The van der Waals surface area contributed by atoms with Crippen LogP contribution < -0.4 is 10.6 Å². The van der Waals surface area contributed by atoms with Crippen molar-refractivity contribution in [3.8, 4) is 0 Å². The van der Waals surface area contributed by atoms with E-state index in [-0.39, 0.29) is 0 Å². The molecule has 0 saturated heterocycles. The smallest absolute Gasteiger partial charge is 0.191 e. The topological polar surface area (TPSA) is 49.3 Å². The summed E-state index contributed by atoms with van der Waals surface area (Å²) < 4.78 is 0. The molecule has 23 heavy (non-hydrogen) atoms. The summed E-state index contributed by atoms with van der Waals surface area (Å²) in [6, 6.07) is 10.5. The number of benzene rings is 1. The summed E-state index contributed by atoms with van der Waals surface area (Å²) in [6.45, 7) is 3.84. The van der Waals surface area contributed by atoms with E-state index in [2.05, 4.69) is 50.3 Å². The van der Waals surface area contributed by atoms with Crippen LogP contribution in [-0.2, 0) is 6.42 Å². The van der Waals surface area contributed by atoms with Crippen molar-refractivity contribution in [2.45, 2.75) is 24.7 Å². The first-order valence-corrected chi connectivity index (χ1v) is 9.68. The van der Waals surface area contributed by atoms with Crippen molar-refractivity contribution in [1.29, 1.82) is 0 Å². The molecule has 1 aromatic carbocycles. The molecule has 0 aliphatic rings. The molecule has 124 valence electrons. The van der Waals surface area contributed by atoms with Gasteiger partial charge in [0, 0.05) is 48.3 Å². The van der Waals surface area contributed by atoms with Gasteiger partial charge in [-0.1, -0.05) is 18.2 Å². The normalized spacial score (nSPS) is 11.5. The van der Waals surface area contributed by atoms with E-state index in [1.165, 1.54) is 9.90 Å². The SMILES string of the molecule is CN=C(NCCCc1nc(C)cs1)NCCSc1ccccc1. The van der Waals surface area contributed by atoms with Crippen molar-refractivity contribution in [1.82, 2.24) is 15.6 Å². The van der Waals surface area contributed by atoms with Gasteiger partial charge in [0.05, 0.1) is 5.01 Å². The van der Waals surface area contributed by atoms with Crippen LogP contribution in [0.25, 0.3) is 0 Å². The molecule has 0 aliphatic heterocycles. The van der Waals surface area contributed by atoms with E-state index < -0.39 is 0 Å². The Morgan fingerprint density at radius 1 is 1.22 bits per heavy atom. The molecule has 2 rings (SSSR count). The maximum absolute atomic E-state index is 4.48. The Hall–Kier alpha value is -1.53. The lowest BCUT2D eigenvalue weighted by molar-refractivity contribution is 0.745. The van der Waals surface area contributed by atoms with E-state index in [1.54, 1.807) is 11.3 Å². The second kappa shape index (κ2) is 10.3. The Bertz CT molecular complexity index is 596. The Morgan fingerprint density at radius 3 is 2.70 bits per heavy atom. The van der Waals surface area contributed by atoms with Gasteiger partial charge in [0.25, 0.3) is 0 Å². The van der Waals surface area contributed by atoms with E-state index in [1.807, 2.05) is 31.8 Å². The Morgan fingerprint density at radius 2 is 2.00 bits per heavy atom. The van der Waals surface area contributed by atoms with Crippen LogP contribution in [0.3, 0.4) is 0 Å². The first-order valence-electron chi connectivity index (χ1n) is 7.81. The fourth-order valence-corrected chi connectivity index (χ4v) is 3.65. The van der Waals surface area contributed by atoms with Crippen LogP contribution in [0.4, 0.5) is 0 Å². The molecule has 1 heterocycles. The van der Waals surface area contributed by atoms with Gasteiger partial charge in [-0.2, -0.15) is 0 Å². The number of aromatic nitrogens is 1. The van der Waals surface area contributed by atoms with Crippen molar-refractivity contribution in [3.63, 3.8) is 0 Å². The summed E-state index contributed by atoms with van der Waals surface area (Å²) in [5.74, 6) is 1.89. The van der Waals surface area contributed by atoms with Crippen LogP contribution in [0.5, 0.6) is 0 Å². The molecule has 1 aromatic heterocycles. The minimum Gasteiger partial charge on any atom is -0.356 e. The van der Waals surface area contributed by atoms with E-state index >= 15 is 0 Å². The number of thioether (sulfide) groups is 1. The molecule has 0 saturated carbocycles. The predicted molar refractivity (Wildman–Crippen MR) is 102 cm³/mol. The Balaban J connectivity index is 1.56. The number of hydrogen-bond acceptors (Lipinski definition) is 4. The van der Waals surface area contributed by atoms with Crippen LogP contribution in [0.1, 0.15) is 17.1 Å². The zero-order chi connectivity index (χ0) is 16.3. The van der Waals surface area contributed by atoms with Gasteiger partial charge in [-0.15, -0.1) is 23.1 Å². The van der Waals surface area contributed by atoms with Crippen LogP contribution in [0, 0.1) is 6.92 Å². The molecule has 2 N–H and O–H groups in total. The lowest BCUT2D eigenvalue weighted by Gasteiger charge is -2.11. The monoisotopic (exact) mass is 348 g/mol. The zero-order valence-electron chi connectivity index (χ0n) is 13.7. The predicted octanol–water partition coefficient (Wildman–Crippen LogP) is 3.34. The number of nitrogens with one attached hydrogen (secondary N) is 2. The lowest BCUT2D eigenvalue weighted by atomic mass is 10.3. The van der Waals surface area contributed by atoms with Crippen molar-refractivity contribution in [2.24, 2.45) is 4.99 Å². The van der Waals surface area contributed by atoms with Gasteiger partial charge >= 0.3 is 0 Å². The molecule has 0 atom stereocenters. The summed E-state index contributed by atoms with van der Waals surface area (Å²) in [5, 5.41) is 10.0. The zero-order valence-corrected chi connectivity index (χ0v) is 15.3. The molecule has 0 aliphatic carbocycles. The Kier molecular flexibility index (Phi) is 7.97. The second-order valence-corrected chi connectivity index (χ2v) is 7.18. The van der Waals surface area contributed by atoms with Gasteiger partial charge in [-0.3, -0.25) is 4.99 Å².